The molecule has 3 N–H and O–H groups in total. The van der Waals surface area contributed by atoms with Gasteiger partial charge in [-0.1, -0.05) is 11.6 Å². The van der Waals surface area contributed by atoms with E-state index >= 15 is 0 Å². The molecule has 1 aliphatic rings. The Balaban J connectivity index is 2.22. The Morgan fingerprint density at radius 1 is 1.42 bits per heavy atom. The van der Waals surface area contributed by atoms with Crippen LogP contribution < -0.4 is 16.0 Å². The van der Waals surface area contributed by atoms with Crippen LogP contribution in [-0.2, 0) is 22.3 Å². The molecule has 2 rings (SSSR count). The highest BCUT2D eigenvalue weighted by Crippen LogP contribution is 2.33. The second-order valence-electron chi connectivity index (χ2n) is 4.47. The van der Waals surface area contributed by atoms with E-state index in [0.717, 1.165) is 23.3 Å². The zero-order chi connectivity index (χ0) is 13.8. The summed E-state index contributed by atoms with van der Waals surface area (Å²) >= 11 is 6.13. The van der Waals surface area contributed by atoms with Gasteiger partial charge in [-0.05, 0) is 29.7 Å². The third kappa shape index (κ3) is 3.19. The molecule has 19 heavy (non-hydrogen) atoms. The van der Waals surface area contributed by atoms with Gasteiger partial charge in [0.15, 0.2) is 6.29 Å². The van der Waals surface area contributed by atoms with Gasteiger partial charge < -0.3 is 14.2 Å². The van der Waals surface area contributed by atoms with E-state index in [2.05, 4.69) is 5.43 Å². The first kappa shape index (κ1) is 14.6. The maximum atomic E-state index is 6.13. The number of hydrogen-bond acceptors (Lipinski definition) is 5. The Morgan fingerprint density at radius 3 is 2.79 bits per heavy atom. The van der Waals surface area contributed by atoms with Gasteiger partial charge in [-0.3, -0.25) is 11.3 Å². The van der Waals surface area contributed by atoms with Gasteiger partial charge in [0.05, 0.1) is 12.6 Å². The normalized spacial score (nSPS) is 15.4. The van der Waals surface area contributed by atoms with Crippen LogP contribution in [0.1, 0.15) is 11.1 Å². The highest BCUT2D eigenvalue weighted by Gasteiger charge is 2.24. The third-order valence-electron chi connectivity index (χ3n) is 3.27. The molecular weight excluding hydrogens is 268 g/mol. The van der Waals surface area contributed by atoms with Crippen LogP contribution in [0.2, 0.25) is 5.02 Å². The highest BCUT2D eigenvalue weighted by atomic mass is 35.5. The number of ether oxygens (including phenoxy) is 3. The Kier molecular flexibility index (Phi) is 5.01. The van der Waals surface area contributed by atoms with E-state index in [0.29, 0.717) is 18.1 Å². The fourth-order valence-corrected chi connectivity index (χ4v) is 2.66. The number of halogens is 1. The molecule has 1 aliphatic heterocycles. The van der Waals surface area contributed by atoms with Gasteiger partial charge in [-0.25, -0.2) is 0 Å². The van der Waals surface area contributed by atoms with Crippen LogP contribution >= 0.6 is 11.6 Å². The van der Waals surface area contributed by atoms with Gasteiger partial charge in [0.2, 0.25) is 0 Å². The summed E-state index contributed by atoms with van der Waals surface area (Å²) < 4.78 is 16.1. The lowest BCUT2D eigenvalue weighted by atomic mass is 10.0. The van der Waals surface area contributed by atoms with Gasteiger partial charge >= 0.3 is 0 Å². The highest BCUT2D eigenvalue weighted by molar-refractivity contribution is 6.30. The third-order valence-corrected chi connectivity index (χ3v) is 3.49. The number of rotatable bonds is 6. The molecule has 0 aromatic heterocycles. The molecule has 0 amide bonds. The van der Waals surface area contributed by atoms with Crippen molar-refractivity contribution in [2.45, 2.75) is 25.2 Å². The summed E-state index contributed by atoms with van der Waals surface area (Å²) in [4.78, 5) is 0. The lowest BCUT2D eigenvalue weighted by Crippen LogP contribution is -2.47. The maximum Gasteiger partial charge on any atom is 0.173 e. The van der Waals surface area contributed by atoms with Crippen molar-refractivity contribution < 1.29 is 14.2 Å². The summed E-state index contributed by atoms with van der Waals surface area (Å²) in [6.45, 7) is 0.696. The van der Waals surface area contributed by atoms with Gasteiger partial charge in [-0.2, -0.15) is 0 Å². The molecule has 1 atom stereocenters. The largest absolute Gasteiger partial charge is 0.493 e. The van der Waals surface area contributed by atoms with Crippen molar-refractivity contribution in [2.24, 2.45) is 5.84 Å². The van der Waals surface area contributed by atoms with Crippen LogP contribution in [0.15, 0.2) is 12.1 Å². The van der Waals surface area contributed by atoms with Crippen LogP contribution in [0.25, 0.3) is 0 Å². The van der Waals surface area contributed by atoms with E-state index in [-0.39, 0.29) is 6.04 Å². The molecule has 0 fully saturated rings. The number of hydrazine groups is 1. The molecular formula is C13H19ClN2O3. The first-order chi connectivity index (χ1) is 9.19. The van der Waals surface area contributed by atoms with Crippen LogP contribution in [0.3, 0.4) is 0 Å². The molecule has 0 saturated carbocycles. The standard InChI is InChI=1S/C13H19ClN2O3/c1-17-13(18-2)11(16-15)7-9-6-10(14)5-8-3-4-19-12(8)9/h5-6,11,13,16H,3-4,7,15H2,1-2H3. The average molecular weight is 287 g/mol. The van der Waals surface area contributed by atoms with Crippen molar-refractivity contribution in [1.82, 2.24) is 5.43 Å². The fourth-order valence-electron chi connectivity index (χ4n) is 2.39. The second-order valence-corrected chi connectivity index (χ2v) is 4.91. The Bertz CT molecular complexity index is 438. The first-order valence-corrected chi connectivity index (χ1v) is 6.53. The molecule has 1 aromatic carbocycles. The van der Waals surface area contributed by atoms with Gasteiger partial charge in [0.1, 0.15) is 5.75 Å². The average Bonchev–Trinajstić information content (AvgIpc) is 2.86. The minimum absolute atomic E-state index is 0.179. The van der Waals surface area contributed by atoms with Gasteiger partial charge in [-0.15, -0.1) is 0 Å². The quantitative estimate of drug-likeness (QED) is 0.468. The lowest BCUT2D eigenvalue weighted by Gasteiger charge is -2.24. The number of benzene rings is 1. The van der Waals surface area contributed by atoms with Crippen molar-refractivity contribution in [3.05, 3.63) is 28.3 Å². The summed E-state index contributed by atoms with van der Waals surface area (Å²) in [5, 5.41) is 0.710. The Labute approximate surface area is 117 Å². The van der Waals surface area contributed by atoms with E-state index in [9.17, 15) is 0 Å². The van der Waals surface area contributed by atoms with Crippen molar-refractivity contribution in [2.75, 3.05) is 20.8 Å². The monoisotopic (exact) mass is 286 g/mol. The molecule has 1 unspecified atom stereocenters. The zero-order valence-corrected chi connectivity index (χ0v) is 11.9. The molecule has 0 saturated heterocycles. The topological polar surface area (TPSA) is 65.7 Å². The van der Waals surface area contributed by atoms with E-state index in [1.165, 1.54) is 0 Å². The summed E-state index contributed by atoms with van der Waals surface area (Å²) in [7, 11) is 3.16. The van der Waals surface area contributed by atoms with Crippen molar-refractivity contribution in [3.63, 3.8) is 0 Å². The van der Waals surface area contributed by atoms with E-state index < -0.39 is 6.29 Å². The number of nitrogens with two attached hydrogens (primary N) is 1. The summed E-state index contributed by atoms with van der Waals surface area (Å²) in [5.41, 5.74) is 4.87. The fraction of sp³-hybridized carbons (Fsp3) is 0.538. The van der Waals surface area contributed by atoms with E-state index in [1.54, 1.807) is 14.2 Å². The smallest absolute Gasteiger partial charge is 0.173 e. The number of hydrogen-bond donors (Lipinski definition) is 2. The Hall–Kier alpha value is -0.850. The number of fused-ring (bicyclic) bond motifs is 1. The number of nitrogens with one attached hydrogen (secondary N) is 1. The minimum Gasteiger partial charge on any atom is -0.493 e. The minimum atomic E-state index is -0.430. The van der Waals surface area contributed by atoms with Gasteiger partial charge in [0, 0.05) is 25.7 Å². The van der Waals surface area contributed by atoms with Crippen molar-refractivity contribution >= 4 is 11.6 Å². The Morgan fingerprint density at radius 2 is 2.16 bits per heavy atom. The van der Waals surface area contributed by atoms with Crippen LogP contribution in [-0.4, -0.2) is 33.2 Å². The molecule has 0 aliphatic carbocycles. The van der Waals surface area contributed by atoms with Crippen LogP contribution in [0, 0.1) is 0 Å². The molecule has 106 valence electrons. The van der Waals surface area contributed by atoms with Crippen LogP contribution in [0.5, 0.6) is 5.75 Å². The molecule has 1 heterocycles. The predicted octanol–water partition coefficient (Wildman–Crippen LogP) is 1.27. The van der Waals surface area contributed by atoms with E-state index in [4.69, 9.17) is 31.7 Å². The molecule has 6 heteroatoms. The SMILES string of the molecule is COC(OC)C(Cc1cc(Cl)cc2c1OCC2)NN. The lowest BCUT2D eigenvalue weighted by molar-refractivity contribution is -0.122. The van der Waals surface area contributed by atoms with Crippen molar-refractivity contribution in [3.8, 4) is 5.75 Å². The zero-order valence-electron chi connectivity index (χ0n) is 11.1. The van der Waals surface area contributed by atoms with Crippen molar-refractivity contribution in [1.29, 1.82) is 0 Å². The molecule has 5 nitrogen and oxygen atoms in total. The maximum absolute atomic E-state index is 6.13. The molecule has 0 radical (unpaired) electrons. The molecule has 0 spiro atoms. The molecule has 1 aromatic rings. The van der Waals surface area contributed by atoms with E-state index in [1.807, 2.05) is 12.1 Å². The molecule has 0 bridgehead atoms. The summed E-state index contributed by atoms with van der Waals surface area (Å²) in [6.07, 6.45) is 1.08. The first-order valence-electron chi connectivity index (χ1n) is 6.15. The second kappa shape index (κ2) is 6.54. The van der Waals surface area contributed by atoms with Crippen LogP contribution in [0.4, 0.5) is 0 Å². The predicted molar refractivity (Wildman–Crippen MR) is 73.3 cm³/mol. The number of methoxy groups -OCH3 is 2. The van der Waals surface area contributed by atoms with Gasteiger partial charge in [0.25, 0.3) is 0 Å². The summed E-state index contributed by atoms with van der Waals surface area (Å²) in [6, 6.07) is 3.67. The summed E-state index contributed by atoms with van der Waals surface area (Å²) in [5.74, 6) is 6.48.